The molecule has 0 radical (unpaired) electrons. The number of aryl methyl sites for hydroxylation is 1. The van der Waals surface area contributed by atoms with E-state index in [4.69, 9.17) is 5.11 Å². The first-order valence-electron chi connectivity index (χ1n) is 8.57. The van der Waals surface area contributed by atoms with Crippen molar-refractivity contribution < 1.29 is 14.7 Å². The lowest BCUT2D eigenvalue weighted by molar-refractivity contribution is -0.138. The summed E-state index contributed by atoms with van der Waals surface area (Å²) in [4.78, 5) is 23.6. The number of carboxylic acids is 1. The van der Waals surface area contributed by atoms with E-state index in [2.05, 4.69) is 24.3 Å². The number of carbonyl (C=O) groups is 2. The number of rotatable bonds is 7. The molecule has 1 heterocycles. The maximum Gasteiger partial charge on any atom is 0.310 e. The first kappa shape index (κ1) is 18.7. The molecule has 6 nitrogen and oxygen atoms in total. The lowest BCUT2D eigenvalue weighted by atomic mass is 10.0. The summed E-state index contributed by atoms with van der Waals surface area (Å²) in [6.07, 6.45) is 1.91. The number of anilines is 1. The predicted molar refractivity (Wildman–Crippen MR) is 97.0 cm³/mol. The average Bonchev–Trinajstić information content (AvgIpc) is 2.97. The van der Waals surface area contributed by atoms with Crippen molar-refractivity contribution in [1.29, 1.82) is 0 Å². The number of carboxylic acid groups (broad SMARTS) is 1. The molecule has 0 aliphatic carbocycles. The molecule has 1 aromatic carbocycles. The standard InChI is InChI=1S/C19H25N3O3/c1-5-16(6-2)22-12(3)10-17(21-22)18(23)20-15-9-7-8-14(11-15)13(4)19(24)25/h7-11,13,16H,5-6H2,1-4H3,(H,20,23)(H,24,25). The number of aromatic nitrogens is 2. The van der Waals surface area contributed by atoms with Gasteiger partial charge in [-0.3, -0.25) is 14.3 Å². The van der Waals surface area contributed by atoms with Crippen LogP contribution in [0.5, 0.6) is 0 Å². The number of benzene rings is 1. The molecule has 2 N–H and O–H groups in total. The van der Waals surface area contributed by atoms with E-state index in [9.17, 15) is 9.59 Å². The number of nitrogens with one attached hydrogen (secondary N) is 1. The zero-order valence-corrected chi connectivity index (χ0v) is 15.1. The minimum Gasteiger partial charge on any atom is -0.481 e. The van der Waals surface area contributed by atoms with E-state index in [1.54, 1.807) is 37.3 Å². The largest absolute Gasteiger partial charge is 0.481 e. The van der Waals surface area contributed by atoms with Crippen LogP contribution in [0.3, 0.4) is 0 Å². The Labute approximate surface area is 147 Å². The van der Waals surface area contributed by atoms with E-state index in [1.807, 2.05) is 11.6 Å². The van der Waals surface area contributed by atoms with E-state index < -0.39 is 11.9 Å². The van der Waals surface area contributed by atoms with Gasteiger partial charge in [0.15, 0.2) is 5.69 Å². The van der Waals surface area contributed by atoms with Crippen LogP contribution in [0.15, 0.2) is 30.3 Å². The number of hydrogen-bond donors (Lipinski definition) is 2. The van der Waals surface area contributed by atoms with E-state index in [0.717, 1.165) is 18.5 Å². The second kappa shape index (κ2) is 7.96. The van der Waals surface area contributed by atoms with Crippen molar-refractivity contribution >= 4 is 17.6 Å². The number of carbonyl (C=O) groups excluding carboxylic acids is 1. The zero-order valence-electron chi connectivity index (χ0n) is 15.1. The highest BCUT2D eigenvalue weighted by atomic mass is 16.4. The van der Waals surface area contributed by atoms with Gasteiger partial charge in [-0.15, -0.1) is 0 Å². The van der Waals surface area contributed by atoms with Gasteiger partial charge in [0.2, 0.25) is 0 Å². The maximum atomic E-state index is 12.5. The number of hydrogen-bond acceptors (Lipinski definition) is 3. The van der Waals surface area contributed by atoms with Gasteiger partial charge in [0.1, 0.15) is 0 Å². The van der Waals surface area contributed by atoms with Crippen molar-refractivity contribution in [2.45, 2.75) is 52.5 Å². The van der Waals surface area contributed by atoms with Crippen LogP contribution in [-0.2, 0) is 4.79 Å². The van der Waals surface area contributed by atoms with Gasteiger partial charge in [0.05, 0.1) is 12.0 Å². The van der Waals surface area contributed by atoms with Crippen LogP contribution in [0.1, 0.15) is 67.3 Å². The molecule has 0 spiro atoms. The molecule has 134 valence electrons. The van der Waals surface area contributed by atoms with Gasteiger partial charge in [-0.25, -0.2) is 0 Å². The first-order valence-corrected chi connectivity index (χ1v) is 8.57. The molecule has 1 amide bonds. The molecule has 1 atom stereocenters. The van der Waals surface area contributed by atoms with Crippen molar-refractivity contribution in [1.82, 2.24) is 9.78 Å². The molecule has 0 aliphatic rings. The minimum absolute atomic E-state index is 0.279. The van der Waals surface area contributed by atoms with E-state index in [-0.39, 0.29) is 11.9 Å². The quantitative estimate of drug-likeness (QED) is 0.796. The summed E-state index contributed by atoms with van der Waals surface area (Å²) in [5.41, 5.74) is 2.52. The van der Waals surface area contributed by atoms with Gasteiger partial charge in [-0.05, 0) is 50.5 Å². The molecular formula is C19H25N3O3. The Kier molecular flexibility index (Phi) is 5.96. The summed E-state index contributed by atoms with van der Waals surface area (Å²) in [5, 5.41) is 16.4. The van der Waals surface area contributed by atoms with Crippen molar-refractivity contribution in [3.05, 3.63) is 47.3 Å². The third-order valence-electron chi connectivity index (χ3n) is 4.46. The van der Waals surface area contributed by atoms with Gasteiger partial charge >= 0.3 is 5.97 Å². The monoisotopic (exact) mass is 343 g/mol. The SMILES string of the molecule is CCC(CC)n1nc(C(=O)Nc2cccc(C(C)C(=O)O)c2)cc1C. The summed E-state index contributed by atoms with van der Waals surface area (Å²) in [6, 6.07) is 8.94. The molecule has 0 saturated carbocycles. The van der Waals surface area contributed by atoms with E-state index in [1.165, 1.54) is 0 Å². The van der Waals surface area contributed by atoms with Crippen LogP contribution in [0.4, 0.5) is 5.69 Å². The van der Waals surface area contributed by atoms with Crippen LogP contribution in [-0.4, -0.2) is 26.8 Å². The molecule has 0 aliphatic heterocycles. The maximum absolute atomic E-state index is 12.5. The molecule has 6 heteroatoms. The Morgan fingerprint density at radius 2 is 1.92 bits per heavy atom. The highest BCUT2D eigenvalue weighted by molar-refractivity contribution is 6.03. The third kappa shape index (κ3) is 4.26. The van der Waals surface area contributed by atoms with E-state index >= 15 is 0 Å². The van der Waals surface area contributed by atoms with Gasteiger partial charge in [0.25, 0.3) is 5.91 Å². The molecular weight excluding hydrogens is 318 g/mol. The lowest BCUT2D eigenvalue weighted by Gasteiger charge is -2.14. The topological polar surface area (TPSA) is 84.2 Å². The molecule has 1 unspecified atom stereocenters. The molecule has 25 heavy (non-hydrogen) atoms. The lowest BCUT2D eigenvalue weighted by Crippen LogP contribution is -2.15. The Hall–Kier alpha value is -2.63. The fourth-order valence-corrected chi connectivity index (χ4v) is 2.83. The number of amides is 1. The Morgan fingerprint density at radius 3 is 2.52 bits per heavy atom. The van der Waals surface area contributed by atoms with Crippen LogP contribution in [0, 0.1) is 6.92 Å². The first-order chi connectivity index (χ1) is 11.9. The summed E-state index contributed by atoms with van der Waals surface area (Å²) >= 11 is 0. The Balaban J connectivity index is 2.19. The smallest absolute Gasteiger partial charge is 0.310 e. The van der Waals surface area contributed by atoms with Gasteiger partial charge in [-0.2, -0.15) is 5.10 Å². The fourth-order valence-electron chi connectivity index (χ4n) is 2.83. The minimum atomic E-state index is -0.900. The average molecular weight is 343 g/mol. The molecule has 0 bridgehead atoms. The Morgan fingerprint density at radius 1 is 1.24 bits per heavy atom. The van der Waals surface area contributed by atoms with Gasteiger partial charge in [-0.1, -0.05) is 26.0 Å². The molecule has 0 fully saturated rings. The molecule has 0 saturated heterocycles. The highest BCUT2D eigenvalue weighted by Gasteiger charge is 2.18. The van der Waals surface area contributed by atoms with Crippen LogP contribution >= 0.6 is 0 Å². The number of aliphatic carboxylic acids is 1. The van der Waals surface area contributed by atoms with Crippen molar-refractivity contribution in [3.8, 4) is 0 Å². The molecule has 2 rings (SSSR count). The normalized spacial score (nSPS) is 12.2. The number of nitrogens with zero attached hydrogens (tertiary/aromatic N) is 2. The summed E-state index contributed by atoms with van der Waals surface area (Å²) in [6.45, 7) is 7.76. The summed E-state index contributed by atoms with van der Waals surface area (Å²) < 4.78 is 1.90. The van der Waals surface area contributed by atoms with Crippen molar-refractivity contribution in [2.24, 2.45) is 0 Å². The van der Waals surface area contributed by atoms with Gasteiger partial charge < -0.3 is 10.4 Å². The van der Waals surface area contributed by atoms with Crippen molar-refractivity contribution in [3.63, 3.8) is 0 Å². The Bertz CT molecular complexity index is 763. The second-order valence-electron chi connectivity index (χ2n) is 6.23. The van der Waals surface area contributed by atoms with Crippen molar-refractivity contribution in [2.75, 3.05) is 5.32 Å². The zero-order chi connectivity index (χ0) is 18.6. The third-order valence-corrected chi connectivity index (χ3v) is 4.46. The molecule has 1 aromatic heterocycles. The highest BCUT2D eigenvalue weighted by Crippen LogP contribution is 2.21. The van der Waals surface area contributed by atoms with Crippen LogP contribution in [0.2, 0.25) is 0 Å². The van der Waals surface area contributed by atoms with Crippen LogP contribution < -0.4 is 5.32 Å². The predicted octanol–water partition coefficient (Wildman–Crippen LogP) is 3.99. The fraction of sp³-hybridized carbons (Fsp3) is 0.421. The van der Waals surface area contributed by atoms with Gasteiger partial charge in [0, 0.05) is 11.4 Å². The van der Waals surface area contributed by atoms with Crippen LogP contribution in [0.25, 0.3) is 0 Å². The molecule has 2 aromatic rings. The van der Waals surface area contributed by atoms with E-state index in [0.29, 0.717) is 16.9 Å². The summed E-state index contributed by atoms with van der Waals surface area (Å²) in [5.74, 6) is -1.83. The summed E-state index contributed by atoms with van der Waals surface area (Å²) in [7, 11) is 0. The second-order valence-corrected chi connectivity index (χ2v) is 6.23.